The second-order valence-electron chi connectivity index (χ2n) is 7.94. The predicted octanol–water partition coefficient (Wildman–Crippen LogP) is 3.85. The van der Waals surface area contributed by atoms with Crippen LogP contribution in [0.3, 0.4) is 0 Å². The molecule has 170 valence electrons. The van der Waals surface area contributed by atoms with Crippen molar-refractivity contribution in [1.29, 1.82) is 0 Å². The third-order valence-corrected chi connectivity index (χ3v) is 5.73. The lowest BCUT2D eigenvalue weighted by molar-refractivity contribution is -0.123. The molecule has 1 aliphatic rings. The maximum Gasteiger partial charge on any atom is 0.314 e. The molecule has 33 heavy (non-hydrogen) atoms. The van der Waals surface area contributed by atoms with Gasteiger partial charge in [0.2, 0.25) is 11.8 Å². The zero-order valence-corrected chi connectivity index (χ0v) is 17.7. The molecule has 3 aromatic heterocycles. The summed E-state index contributed by atoms with van der Waals surface area (Å²) in [6, 6.07) is 13.0. The fourth-order valence-corrected chi connectivity index (χ4v) is 4.04. The number of aromatic nitrogens is 4. The normalized spacial score (nSPS) is 14.8. The van der Waals surface area contributed by atoms with Gasteiger partial charge in [-0.2, -0.15) is 8.78 Å². The van der Waals surface area contributed by atoms with Crippen molar-refractivity contribution in [3.05, 3.63) is 66.4 Å². The van der Waals surface area contributed by atoms with Gasteiger partial charge in [0.1, 0.15) is 5.65 Å². The van der Waals surface area contributed by atoms with E-state index in [0.29, 0.717) is 23.4 Å². The Morgan fingerprint density at radius 3 is 2.70 bits per heavy atom. The van der Waals surface area contributed by atoms with Gasteiger partial charge in [-0.15, -0.1) is 10.2 Å². The lowest BCUT2D eigenvalue weighted by Gasteiger charge is -2.29. The van der Waals surface area contributed by atoms with E-state index in [1.54, 1.807) is 27.6 Å². The Balaban J connectivity index is 1.43. The van der Waals surface area contributed by atoms with Crippen LogP contribution in [0.2, 0.25) is 0 Å². The number of fused-ring (bicyclic) bond motifs is 1. The number of imidazole rings is 1. The molecule has 5 rings (SSSR count). The predicted molar refractivity (Wildman–Crippen MR) is 117 cm³/mol. The molecule has 0 unspecified atom stereocenters. The second kappa shape index (κ2) is 9.07. The number of pyridine rings is 1. The van der Waals surface area contributed by atoms with Gasteiger partial charge in [-0.05, 0) is 50.2 Å². The number of benzene rings is 1. The molecule has 0 bridgehead atoms. The van der Waals surface area contributed by atoms with E-state index in [4.69, 9.17) is 4.42 Å². The number of para-hydroxylation sites is 1. The number of anilines is 1. The summed E-state index contributed by atoms with van der Waals surface area (Å²) in [7, 11) is 0. The van der Waals surface area contributed by atoms with Crippen LogP contribution in [-0.4, -0.2) is 38.6 Å². The summed E-state index contributed by atoms with van der Waals surface area (Å²) in [4.78, 5) is 19.8. The Labute approximate surface area is 188 Å². The number of hydrogen-bond acceptors (Lipinski definition) is 6. The first-order valence-electron chi connectivity index (χ1n) is 10.7. The number of alkyl halides is 2. The van der Waals surface area contributed by atoms with Gasteiger partial charge in [0.15, 0.2) is 0 Å². The number of piperidine rings is 1. The fourth-order valence-electron chi connectivity index (χ4n) is 4.04. The van der Waals surface area contributed by atoms with Crippen molar-refractivity contribution in [2.45, 2.75) is 25.8 Å². The average molecular weight is 452 g/mol. The van der Waals surface area contributed by atoms with E-state index in [0.717, 1.165) is 31.6 Å². The molecule has 10 heteroatoms. The SMILES string of the molecule is O=C(C1CCNCC1)N(Cc1cn2ccc(-c3nnc(C(F)F)o3)cc2n1)c1ccccc1. The number of halogens is 2. The van der Waals surface area contributed by atoms with Crippen LogP contribution in [0.25, 0.3) is 17.1 Å². The third-order valence-electron chi connectivity index (χ3n) is 5.73. The maximum absolute atomic E-state index is 13.4. The summed E-state index contributed by atoms with van der Waals surface area (Å²) in [5.74, 6) is -0.657. The van der Waals surface area contributed by atoms with Gasteiger partial charge >= 0.3 is 6.43 Å². The van der Waals surface area contributed by atoms with E-state index in [1.807, 2.05) is 36.5 Å². The molecule has 1 saturated heterocycles. The molecule has 0 radical (unpaired) electrons. The molecule has 0 aliphatic carbocycles. The lowest BCUT2D eigenvalue weighted by Crippen LogP contribution is -2.41. The van der Waals surface area contributed by atoms with E-state index in [2.05, 4.69) is 20.5 Å². The molecular formula is C23H22F2N6O2. The summed E-state index contributed by atoms with van der Waals surface area (Å²) in [5, 5.41) is 10.4. The molecule has 1 aliphatic heterocycles. The van der Waals surface area contributed by atoms with Crippen molar-refractivity contribution in [2.75, 3.05) is 18.0 Å². The highest BCUT2D eigenvalue weighted by molar-refractivity contribution is 5.95. The van der Waals surface area contributed by atoms with Gasteiger partial charge in [-0.3, -0.25) is 4.79 Å². The number of nitrogens with zero attached hydrogens (tertiary/aromatic N) is 5. The molecule has 0 atom stereocenters. The topological polar surface area (TPSA) is 88.6 Å². The lowest BCUT2D eigenvalue weighted by atomic mass is 9.96. The molecule has 4 aromatic rings. The summed E-state index contributed by atoms with van der Waals surface area (Å²) < 4.78 is 32.4. The van der Waals surface area contributed by atoms with Crippen molar-refractivity contribution in [3.8, 4) is 11.5 Å². The van der Waals surface area contributed by atoms with E-state index in [9.17, 15) is 13.6 Å². The first kappa shape index (κ1) is 21.2. The van der Waals surface area contributed by atoms with Crippen molar-refractivity contribution < 1.29 is 18.0 Å². The van der Waals surface area contributed by atoms with Crippen LogP contribution >= 0.6 is 0 Å². The van der Waals surface area contributed by atoms with Crippen LogP contribution in [0, 0.1) is 5.92 Å². The zero-order valence-electron chi connectivity index (χ0n) is 17.7. The summed E-state index contributed by atoms with van der Waals surface area (Å²) in [6.45, 7) is 1.98. The largest absolute Gasteiger partial charge is 0.415 e. The third kappa shape index (κ3) is 4.47. The molecule has 1 N–H and O–H groups in total. The summed E-state index contributed by atoms with van der Waals surface area (Å²) in [6.07, 6.45) is 2.38. The molecule has 0 saturated carbocycles. The maximum atomic E-state index is 13.4. The number of nitrogens with one attached hydrogen (secondary N) is 1. The van der Waals surface area contributed by atoms with Crippen LogP contribution in [-0.2, 0) is 11.3 Å². The Bertz CT molecular complexity index is 1250. The van der Waals surface area contributed by atoms with E-state index in [-0.39, 0.29) is 17.7 Å². The number of carbonyl (C=O) groups is 1. The molecule has 8 nitrogen and oxygen atoms in total. The minimum absolute atomic E-state index is 0.00403. The van der Waals surface area contributed by atoms with Crippen LogP contribution < -0.4 is 10.2 Å². The molecule has 1 aromatic carbocycles. The smallest absolute Gasteiger partial charge is 0.314 e. The summed E-state index contributed by atoms with van der Waals surface area (Å²) in [5.41, 5.74) is 2.60. The first-order valence-corrected chi connectivity index (χ1v) is 10.7. The molecule has 1 fully saturated rings. The Morgan fingerprint density at radius 1 is 1.18 bits per heavy atom. The van der Waals surface area contributed by atoms with Crippen molar-refractivity contribution in [3.63, 3.8) is 0 Å². The minimum atomic E-state index is -2.82. The van der Waals surface area contributed by atoms with Gasteiger partial charge < -0.3 is 19.0 Å². The quantitative estimate of drug-likeness (QED) is 0.478. The van der Waals surface area contributed by atoms with Crippen LogP contribution in [0.1, 0.15) is 30.9 Å². The first-order chi connectivity index (χ1) is 16.1. The highest BCUT2D eigenvalue weighted by Crippen LogP contribution is 2.26. The number of rotatable bonds is 6. The van der Waals surface area contributed by atoms with Crippen LogP contribution in [0.4, 0.5) is 14.5 Å². The Kier molecular flexibility index (Phi) is 5.82. The zero-order chi connectivity index (χ0) is 22.8. The minimum Gasteiger partial charge on any atom is -0.415 e. The summed E-state index contributed by atoms with van der Waals surface area (Å²) >= 11 is 0. The Hall–Kier alpha value is -3.66. The van der Waals surface area contributed by atoms with E-state index in [1.165, 1.54) is 0 Å². The van der Waals surface area contributed by atoms with Crippen molar-refractivity contribution in [1.82, 2.24) is 24.9 Å². The Morgan fingerprint density at radius 2 is 1.97 bits per heavy atom. The number of hydrogen-bond donors (Lipinski definition) is 1. The standard InChI is InChI=1S/C23H22F2N6O2/c24-20(25)22-29-28-21(33-22)16-8-11-30-13-17(27-19(30)12-16)14-31(18-4-2-1-3-5-18)23(32)15-6-9-26-10-7-15/h1-5,8,11-13,15,20,26H,6-7,9-10,14H2. The van der Waals surface area contributed by atoms with Gasteiger partial charge in [-0.25, -0.2) is 4.98 Å². The van der Waals surface area contributed by atoms with E-state index >= 15 is 0 Å². The molecule has 0 spiro atoms. The van der Waals surface area contributed by atoms with Crippen molar-refractivity contribution in [2.24, 2.45) is 5.92 Å². The molecule has 4 heterocycles. The molecule has 1 amide bonds. The second-order valence-corrected chi connectivity index (χ2v) is 7.94. The number of amides is 1. The van der Waals surface area contributed by atoms with Crippen LogP contribution in [0.5, 0.6) is 0 Å². The van der Waals surface area contributed by atoms with Gasteiger partial charge in [-0.1, -0.05) is 18.2 Å². The highest BCUT2D eigenvalue weighted by atomic mass is 19.3. The van der Waals surface area contributed by atoms with Gasteiger partial charge in [0, 0.05) is 29.6 Å². The van der Waals surface area contributed by atoms with Gasteiger partial charge in [0.05, 0.1) is 12.2 Å². The highest BCUT2D eigenvalue weighted by Gasteiger charge is 2.27. The van der Waals surface area contributed by atoms with Crippen LogP contribution in [0.15, 0.2) is 59.3 Å². The average Bonchev–Trinajstić information content (AvgIpc) is 3.50. The van der Waals surface area contributed by atoms with Crippen molar-refractivity contribution >= 4 is 17.2 Å². The van der Waals surface area contributed by atoms with E-state index < -0.39 is 12.3 Å². The number of carbonyl (C=O) groups excluding carboxylic acids is 1. The fraction of sp³-hybridized carbons (Fsp3) is 0.304. The molecular weight excluding hydrogens is 430 g/mol. The monoisotopic (exact) mass is 452 g/mol. The van der Waals surface area contributed by atoms with Gasteiger partial charge in [0.25, 0.3) is 5.89 Å².